The van der Waals surface area contributed by atoms with Crippen molar-refractivity contribution >= 4 is 32.4 Å². The molecule has 0 aliphatic heterocycles. The predicted octanol–water partition coefficient (Wildman–Crippen LogP) is 4.35. The van der Waals surface area contributed by atoms with Crippen molar-refractivity contribution in [1.29, 1.82) is 0 Å². The summed E-state index contributed by atoms with van der Waals surface area (Å²) in [4.78, 5) is 12.8. The van der Waals surface area contributed by atoms with E-state index in [0.717, 1.165) is 25.7 Å². The van der Waals surface area contributed by atoms with Crippen molar-refractivity contribution in [1.82, 2.24) is 0 Å². The molecule has 3 aromatic rings. The van der Waals surface area contributed by atoms with E-state index < -0.39 is 15.6 Å². The number of para-hydroxylation sites is 1. The van der Waals surface area contributed by atoms with Gasteiger partial charge in [-0.25, -0.2) is 13.2 Å². The van der Waals surface area contributed by atoms with Gasteiger partial charge >= 0.3 is 5.63 Å². The molecule has 2 aromatic carbocycles. The number of benzene rings is 2. The van der Waals surface area contributed by atoms with Gasteiger partial charge in [-0.05, 0) is 56.2 Å². The Morgan fingerprint density at radius 3 is 2.43 bits per heavy atom. The normalized spacial score (nSPS) is 14.7. The van der Waals surface area contributed by atoms with Gasteiger partial charge in [-0.2, -0.15) is 0 Å². The highest BCUT2D eigenvalue weighted by molar-refractivity contribution is 7.92. The van der Waals surface area contributed by atoms with Gasteiger partial charge in [0.1, 0.15) is 11.3 Å². The van der Waals surface area contributed by atoms with E-state index in [9.17, 15) is 13.2 Å². The molecule has 1 heterocycles. The number of ether oxygens (including phenoxy) is 1. The van der Waals surface area contributed by atoms with Crippen molar-refractivity contribution in [2.75, 3.05) is 16.6 Å². The summed E-state index contributed by atoms with van der Waals surface area (Å²) < 4.78 is 39.2. The van der Waals surface area contributed by atoms with Crippen molar-refractivity contribution in [2.24, 2.45) is 0 Å². The SMILES string of the molecule is CCOc1ccc(S(=O)(=O)Nc2c(NC3CCCC3)c3ccccc3oc2=O)cc1. The molecule has 0 bridgehead atoms. The number of rotatable bonds is 7. The van der Waals surface area contributed by atoms with Crippen molar-refractivity contribution in [3.63, 3.8) is 0 Å². The van der Waals surface area contributed by atoms with Gasteiger partial charge in [0, 0.05) is 11.4 Å². The average molecular weight is 429 g/mol. The molecule has 1 aromatic heterocycles. The highest BCUT2D eigenvalue weighted by Gasteiger charge is 2.24. The third-order valence-corrected chi connectivity index (χ3v) is 6.56. The van der Waals surface area contributed by atoms with Gasteiger partial charge in [0.05, 0.1) is 17.2 Å². The first-order valence-corrected chi connectivity index (χ1v) is 11.5. The predicted molar refractivity (Wildman–Crippen MR) is 117 cm³/mol. The first kappa shape index (κ1) is 20.3. The Labute approximate surface area is 175 Å². The molecular formula is C22H24N2O5S. The molecule has 30 heavy (non-hydrogen) atoms. The fourth-order valence-corrected chi connectivity index (χ4v) is 4.81. The first-order valence-electron chi connectivity index (χ1n) is 10.1. The molecule has 0 amide bonds. The zero-order chi connectivity index (χ0) is 21.1. The van der Waals surface area contributed by atoms with Crippen LogP contribution in [0.15, 0.2) is 62.6 Å². The minimum absolute atomic E-state index is 0.0327. The minimum atomic E-state index is -4.00. The zero-order valence-corrected chi connectivity index (χ0v) is 17.5. The third-order valence-electron chi connectivity index (χ3n) is 5.20. The van der Waals surface area contributed by atoms with Gasteiger partial charge in [-0.3, -0.25) is 4.72 Å². The fourth-order valence-electron chi connectivity index (χ4n) is 3.74. The van der Waals surface area contributed by atoms with Crippen molar-refractivity contribution in [3.8, 4) is 5.75 Å². The number of nitrogens with one attached hydrogen (secondary N) is 2. The number of hydrogen-bond donors (Lipinski definition) is 2. The molecule has 0 radical (unpaired) electrons. The molecule has 8 heteroatoms. The molecule has 0 unspecified atom stereocenters. The summed E-state index contributed by atoms with van der Waals surface area (Å²) in [5, 5.41) is 4.05. The molecule has 0 saturated heterocycles. The first-order chi connectivity index (χ1) is 14.5. The van der Waals surface area contributed by atoms with Gasteiger partial charge < -0.3 is 14.5 Å². The lowest BCUT2D eigenvalue weighted by molar-refractivity contribution is 0.340. The number of fused-ring (bicyclic) bond motifs is 1. The minimum Gasteiger partial charge on any atom is -0.494 e. The Morgan fingerprint density at radius 2 is 1.73 bits per heavy atom. The molecule has 2 N–H and O–H groups in total. The van der Waals surface area contributed by atoms with Crippen LogP contribution in [-0.2, 0) is 10.0 Å². The van der Waals surface area contributed by atoms with Crippen LogP contribution < -0.4 is 20.4 Å². The van der Waals surface area contributed by atoms with E-state index in [-0.39, 0.29) is 16.6 Å². The van der Waals surface area contributed by atoms with E-state index in [1.807, 2.05) is 19.1 Å². The van der Waals surface area contributed by atoms with E-state index in [0.29, 0.717) is 29.0 Å². The Morgan fingerprint density at radius 1 is 1.03 bits per heavy atom. The van der Waals surface area contributed by atoms with Gasteiger partial charge in [0.2, 0.25) is 0 Å². The van der Waals surface area contributed by atoms with Crippen LogP contribution in [0.1, 0.15) is 32.6 Å². The van der Waals surface area contributed by atoms with Crippen LogP contribution in [0.5, 0.6) is 5.75 Å². The standard InChI is InChI=1S/C22H24N2O5S/c1-2-28-16-11-13-17(14-12-16)30(26,27)24-21-20(23-15-7-3-4-8-15)18-9-5-6-10-19(18)29-22(21)25/h5-6,9-15,23-24H,2-4,7-8H2,1H3. The van der Waals surface area contributed by atoms with E-state index >= 15 is 0 Å². The lowest BCUT2D eigenvalue weighted by atomic mass is 10.1. The topological polar surface area (TPSA) is 97.6 Å². The van der Waals surface area contributed by atoms with E-state index in [2.05, 4.69) is 10.0 Å². The molecule has 1 aliphatic rings. The van der Waals surface area contributed by atoms with Crippen molar-refractivity contribution < 1.29 is 17.6 Å². The van der Waals surface area contributed by atoms with E-state index in [1.54, 1.807) is 24.3 Å². The molecule has 1 fully saturated rings. The Balaban J connectivity index is 1.75. The van der Waals surface area contributed by atoms with Gasteiger partial charge in [-0.1, -0.05) is 25.0 Å². The van der Waals surface area contributed by atoms with Crippen LogP contribution in [0.2, 0.25) is 0 Å². The second kappa shape index (κ2) is 8.39. The maximum absolute atomic E-state index is 13.0. The summed E-state index contributed by atoms with van der Waals surface area (Å²) in [6, 6.07) is 13.3. The van der Waals surface area contributed by atoms with Crippen molar-refractivity contribution in [2.45, 2.75) is 43.5 Å². The highest BCUT2D eigenvalue weighted by Crippen LogP contribution is 2.33. The molecule has 4 rings (SSSR count). The zero-order valence-electron chi connectivity index (χ0n) is 16.7. The van der Waals surface area contributed by atoms with E-state index in [1.165, 1.54) is 12.1 Å². The quantitative estimate of drug-likeness (QED) is 0.543. The van der Waals surface area contributed by atoms with Crippen LogP contribution in [0, 0.1) is 0 Å². The van der Waals surface area contributed by atoms with Gasteiger partial charge in [0.15, 0.2) is 5.69 Å². The molecule has 7 nitrogen and oxygen atoms in total. The number of hydrogen-bond acceptors (Lipinski definition) is 6. The second-order valence-electron chi connectivity index (χ2n) is 7.27. The Bertz CT molecular complexity index is 1200. The summed E-state index contributed by atoms with van der Waals surface area (Å²) in [6.45, 7) is 2.34. The summed E-state index contributed by atoms with van der Waals surface area (Å²) in [5.41, 5.74) is 0.0356. The Hall–Kier alpha value is -3.00. The van der Waals surface area contributed by atoms with Crippen molar-refractivity contribution in [3.05, 3.63) is 59.0 Å². The molecule has 158 valence electrons. The Kier molecular flexibility index (Phi) is 5.67. The monoisotopic (exact) mass is 428 g/mol. The van der Waals surface area contributed by atoms with Gasteiger partial charge in [0.25, 0.3) is 10.0 Å². The van der Waals surface area contributed by atoms with Crippen LogP contribution in [0.25, 0.3) is 11.0 Å². The smallest absolute Gasteiger partial charge is 0.363 e. The summed E-state index contributed by atoms with van der Waals surface area (Å²) in [6.07, 6.45) is 4.15. The molecule has 1 aliphatic carbocycles. The van der Waals surface area contributed by atoms with E-state index in [4.69, 9.17) is 9.15 Å². The fraction of sp³-hybridized carbons (Fsp3) is 0.318. The lowest BCUT2D eigenvalue weighted by Gasteiger charge is -2.19. The average Bonchev–Trinajstić information content (AvgIpc) is 3.24. The largest absolute Gasteiger partial charge is 0.494 e. The second-order valence-corrected chi connectivity index (χ2v) is 8.95. The lowest BCUT2D eigenvalue weighted by Crippen LogP contribution is -2.23. The van der Waals surface area contributed by atoms with Crippen LogP contribution >= 0.6 is 0 Å². The summed E-state index contributed by atoms with van der Waals surface area (Å²) >= 11 is 0. The molecule has 0 spiro atoms. The van der Waals surface area contributed by atoms with Gasteiger partial charge in [-0.15, -0.1) is 0 Å². The number of sulfonamides is 1. The van der Waals surface area contributed by atoms with Crippen LogP contribution in [0.4, 0.5) is 11.4 Å². The van der Waals surface area contributed by atoms with Crippen LogP contribution in [0.3, 0.4) is 0 Å². The summed E-state index contributed by atoms with van der Waals surface area (Å²) in [7, 11) is -4.00. The summed E-state index contributed by atoms with van der Waals surface area (Å²) in [5.74, 6) is 0.574. The maximum Gasteiger partial charge on any atom is 0.363 e. The maximum atomic E-state index is 13.0. The molecular weight excluding hydrogens is 404 g/mol. The molecule has 0 atom stereocenters. The van der Waals surface area contributed by atoms with Crippen LogP contribution in [-0.4, -0.2) is 21.1 Å². The molecule has 1 saturated carbocycles. The number of anilines is 2. The highest BCUT2D eigenvalue weighted by atomic mass is 32.2. The third kappa shape index (κ3) is 4.14.